The van der Waals surface area contributed by atoms with Crippen molar-refractivity contribution in [1.82, 2.24) is 4.98 Å². The molecule has 6 heteroatoms. The zero-order valence-electron chi connectivity index (χ0n) is 19.0. The van der Waals surface area contributed by atoms with Gasteiger partial charge >= 0.3 is 6.16 Å². The number of aliphatic hydroxyl groups excluding tert-OH is 1. The summed E-state index contributed by atoms with van der Waals surface area (Å²) in [6, 6.07) is 27.6. The van der Waals surface area contributed by atoms with Crippen LogP contribution in [0.3, 0.4) is 0 Å². The summed E-state index contributed by atoms with van der Waals surface area (Å²) in [4.78, 5) is 14.6. The maximum Gasteiger partial charge on any atom is 0.512 e. The third-order valence-electron chi connectivity index (χ3n) is 6.12. The number of hydrogen-bond acceptors (Lipinski definition) is 4. The summed E-state index contributed by atoms with van der Waals surface area (Å²) in [6.45, 7) is 0.462. The van der Waals surface area contributed by atoms with E-state index < -0.39 is 6.16 Å². The molecule has 0 amide bonds. The van der Waals surface area contributed by atoms with Gasteiger partial charge in [0.15, 0.2) is 0 Å². The summed E-state index contributed by atoms with van der Waals surface area (Å²) in [5.74, 6) is 1.06. The van der Waals surface area contributed by atoms with E-state index in [4.69, 9.17) is 9.47 Å². The molecule has 5 rings (SSSR count). The van der Waals surface area contributed by atoms with Gasteiger partial charge in [0.1, 0.15) is 5.75 Å². The van der Waals surface area contributed by atoms with Crippen molar-refractivity contribution in [3.05, 3.63) is 96.1 Å². The minimum absolute atomic E-state index is 0.0193. The number of H-pyrrole nitrogens is 1. The first kappa shape index (κ1) is 22.5. The van der Waals surface area contributed by atoms with E-state index in [0.29, 0.717) is 19.4 Å². The molecule has 0 radical (unpaired) electrons. The monoisotopic (exact) mass is 467 g/mol. The molecule has 0 aliphatic rings. The lowest BCUT2D eigenvalue weighted by molar-refractivity contribution is 0.142. The number of hydrogen-bond donors (Lipinski definition) is 3. The van der Waals surface area contributed by atoms with Gasteiger partial charge in [-0.3, -0.25) is 0 Å². The summed E-state index contributed by atoms with van der Waals surface area (Å²) in [5, 5.41) is 21.7. The molecule has 0 fully saturated rings. The highest BCUT2D eigenvalue weighted by Gasteiger charge is 2.18. The van der Waals surface area contributed by atoms with Gasteiger partial charge in [-0.05, 0) is 35.4 Å². The summed E-state index contributed by atoms with van der Waals surface area (Å²) in [7, 11) is 0. The largest absolute Gasteiger partial charge is 0.512 e. The molecule has 1 heterocycles. The van der Waals surface area contributed by atoms with Gasteiger partial charge in [-0.1, -0.05) is 78.9 Å². The van der Waals surface area contributed by atoms with E-state index in [-0.39, 0.29) is 12.5 Å². The molecule has 1 aromatic heterocycles. The van der Waals surface area contributed by atoms with Gasteiger partial charge in [0.2, 0.25) is 5.88 Å². The number of ether oxygens (including phenoxy) is 2. The predicted octanol–water partition coefficient (Wildman–Crippen LogP) is 6.55. The molecule has 3 N–H and O–H groups in total. The van der Waals surface area contributed by atoms with E-state index in [0.717, 1.165) is 49.7 Å². The molecule has 0 spiro atoms. The second-order valence-corrected chi connectivity index (χ2v) is 8.31. The topological polar surface area (TPSA) is 91.8 Å². The van der Waals surface area contributed by atoms with Crippen molar-refractivity contribution in [2.75, 3.05) is 6.61 Å². The van der Waals surface area contributed by atoms with Crippen LogP contribution in [-0.4, -0.2) is 28.0 Å². The van der Waals surface area contributed by atoms with Gasteiger partial charge in [0.25, 0.3) is 0 Å². The highest BCUT2D eigenvalue weighted by molar-refractivity contribution is 5.98. The van der Waals surface area contributed by atoms with Crippen molar-refractivity contribution in [3.63, 3.8) is 0 Å². The molecule has 0 unspecified atom stereocenters. The average molecular weight is 468 g/mol. The van der Waals surface area contributed by atoms with Crippen LogP contribution in [0, 0.1) is 0 Å². The van der Waals surface area contributed by atoms with Crippen LogP contribution in [0.25, 0.3) is 32.8 Å². The van der Waals surface area contributed by atoms with Crippen LogP contribution in [0.1, 0.15) is 17.5 Å². The Hall–Kier alpha value is -4.29. The highest BCUT2D eigenvalue weighted by Crippen LogP contribution is 2.36. The van der Waals surface area contributed by atoms with E-state index >= 15 is 0 Å². The molecule has 0 saturated carbocycles. The van der Waals surface area contributed by atoms with E-state index in [1.54, 1.807) is 0 Å². The van der Waals surface area contributed by atoms with Gasteiger partial charge in [-0.15, -0.1) is 0 Å². The van der Waals surface area contributed by atoms with Gasteiger partial charge in [-0.25, -0.2) is 4.79 Å². The molecule has 4 aromatic carbocycles. The van der Waals surface area contributed by atoms with E-state index in [1.165, 1.54) is 0 Å². The van der Waals surface area contributed by atoms with Crippen molar-refractivity contribution < 1.29 is 24.5 Å². The van der Waals surface area contributed by atoms with Crippen molar-refractivity contribution in [2.45, 2.75) is 19.4 Å². The molecule has 0 saturated heterocycles. The third-order valence-corrected chi connectivity index (χ3v) is 6.12. The van der Waals surface area contributed by atoms with Gasteiger partial charge in [-0.2, -0.15) is 0 Å². The Morgan fingerprint density at radius 2 is 1.60 bits per heavy atom. The van der Waals surface area contributed by atoms with Crippen LogP contribution in [0.5, 0.6) is 11.6 Å². The fourth-order valence-electron chi connectivity index (χ4n) is 4.46. The highest BCUT2D eigenvalue weighted by atomic mass is 16.7. The van der Waals surface area contributed by atoms with E-state index in [9.17, 15) is 15.0 Å². The van der Waals surface area contributed by atoms with Crippen molar-refractivity contribution in [3.8, 4) is 22.8 Å². The van der Waals surface area contributed by atoms with Gasteiger partial charge in [0.05, 0.1) is 18.7 Å². The van der Waals surface area contributed by atoms with Crippen LogP contribution in [0.4, 0.5) is 4.79 Å². The normalized spacial score (nSPS) is 11.1. The van der Waals surface area contributed by atoms with Crippen LogP contribution >= 0.6 is 0 Å². The minimum Gasteiger partial charge on any atom is -0.493 e. The Bertz CT molecular complexity index is 1480. The molecule has 176 valence electrons. The van der Waals surface area contributed by atoms with Gasteiger partial charge in [0, 0.05) is 21.9 Å². The molecule has 35 heavy (non-hydrogen) atoms. The first-order valence-corrected chi connectivity index (χ1v) is 11.5. The first-order chi connectivity index (χ1) is 17.1. The fraction of sp³-hybridized carbons (Fsp3) is 0.138. The number of benzene rings is 4. The Balaban J connectivity index is 1.40. The standard InChI is InChI=1S/C29H25NO5/c31-18-19-13-15-21(16-14-19)23-9-4-10-24-25(28(30-27(23)24)35-29(32)33)11-5-17-34-26-12-3-7-20-6-1-2-8-22(20)26/h1-4,6-10,12-16,30-31H,5,11,17-18H2,(H,32,33). The van der Waals surface area contributed by atoms with E-state index in [1.807, 2.05) is 72.8 Å². The lowest BCUT2D eigenvalue weighted by atomic mass is 9.99. The number of rotatable bonds is 8. The van der Waals surface area contributed by atoms with Crippen molar-refractivity contribution in [1.29, 1.82) is 0 Å². The van der Waals surface area contributed by atoms with Crippen LogP contribution < -0.4 is 9.47 Å². The number of aromatic amines is 1. The lowest BCUT2D eigenvalue weighted by Gasteiger charge is -2.10. The zero-order chi connectivity index (χ0) is 24.2. The number of carbonyl (C=O) groups is 1. The van der Waals surface area contributed by atoms with Crippen LogP contribution in [-0.2, 0) is 13.0 Å². The van der Waals surface area contributed by atoms with Crippen LogP contribution in [0.2, 0.25) is 0 Å². The van der Waals surface area contributed by atoms with Crippen molar-refractivity contribution in [2.24, 2.45) is 0 Å². The predicted molar refractivity (Wildman–Crippen MR) is 136 cm³/mol. The molecule has 6 nitrogen and oxygen atoms in total. The Labute approximate surface area is 202 Å². The van der Waals surface area contributed by atoms with Crippen molar-refractivity contribution >= 4 is 27.8 Å². The molecular weight excluding hydrogens is 442 g/mol. The second kappa shape index (κ2) is 9.91. The number of carboxylic acid groups (broad SMARTS) is 1. The summed E-state index contributed by atoms with van der Waals surface area (Å²) < 4.78 is 11.2. The Kier molecular flexibility index (Phi) is 6.37. The Morgan fingerprint density at radius 3 is 2.40 bits per heavy atom. The molecule has 0 bridgehead atoms. The van der Waals surface area contributed by atoms with E-state index in [2.05, 4.69) is 17.1 Å². The number of aromatic nitrogens is 1. The lowest BCUT2D eigenvalue weighted by Crippen LogP contribution is -2.06. The zero-order valence-corrected chi connectivity index (χ0v) is 19.0. The Morgan fingerprint density at radius 1 is 0.857 bits per heavy atom. The van der Waals surface area contributed by atoms with Crippen LogP contribution in [0.15, 0.2) is 84.9 Å². The summed E-state index contributed by atoms with van der Waals surface area (Å²) in [5.41, 5.74) is 4.33. The third kappa shape index (κ3) is 4.69. The quantitative estimate of drug-likeness (QED) is 0.178. The fourth-order valence-corrected chi connectivity index (χ4v) is 4.46. The summed E-state index contributed by atoms with van der Waals surface area (Å²) >= 11 is 0. The summed E-state index contributed by atoms with van der Waals surface area (Å²) in [6.07, 6.45) is -0.0966. The SMILES string of the molecule is O=C(O)Oc1[nH]c2c(-c3ccc(CO)cc3)cccc2c1CCCOc1cccc2ccccc12. The average Bonchev–Trinajstić information content (AvgIpc) is 3.23. The smallest absolute Gasteiger partial charge is 0.493 e. The minimum atomic E-state index is -1.36. The molecular formula is C29H25NO5. The molecule has 0 aliphatic heterocycles. The number of nitrogens with one attached hydrogen (secondary N) is 1. The van der Waals surface area contributed by atoms with Gasteiger partial charge < -0.3 is 24.7 Å². The first-order valence-electron chi connectivity index (χ1n) is 11.5. The molecule has 5 aromatic rings. The maximum absolute atomic E-state index is 11.4. The molecule has 0 aliphatic carbocycles. The maximum atomic E-state index is 11.4. The molecule has 0 atom stereocenters. The number of aryl methyl sites for hydroxylation is 1. The number of aliphatic hydroxyl groups is 1. The number of para-hydroxylation sites is 1. The number of fused-ring (bicyclic) bond motifs is 2. The second-order valence-electron chi connectivity index (χ2n) is 8.31.